The molecule has 2 aliphatic rings. The van der Waals surface area contributed by atoms with Gasteiger partial charge in [0.05, 0.1) is 43.8 Å². The molecule has 5 rings (SSSR count). The van der Waals surface area contributed by atoms with Crippen LogP contribution in [0, 0.1) is 0 Å². The fourth-order valence-corrected chi connectivity index (χ4v) is 5.50. The molecule has 42 heavy (non-hydrogen) atoms. The smallest absolute Gasteiger partial charge is 0.418 e. The molecular weight excluding hydrogens is 555 g/mol. The van der Waals surface area contributed by atoms with Crippen molar-refractivity contribution in [2.45, 2.75) is 32.0 Å². The minimum atomic E-state index is -4.79. The summed E-state index contributed by atoms with van der Waals surface area (Å²) >= 11 is 0. The van der Waals surface area contributed by atoms with Crippen molar-refractivity contribution in [2.24, 2.45) is 0 Å². The highest BCUT2D eigenvalue weighted by molar-refractivity contribution is 5.83. The number of likely N-dealkylation sites (N-methyl/N-ethyl adjacent to an activating group) is 1. The van der Waals surface area contributed by atoms with Crippen molar-refractivity contribution in [2.75, 3.05) is 56.7 Å². The maximum Gasteiger partial charge on any atom is 0.418 e. The summed E-state index contributed by atoms with van der Waals surface area (Å²) in [6.45, 7) is 3.03. The molecule has 224 valence electrons. The third-order valence-corrected chi connectivity index (χ3v) is 7.49. The predicted octanol–water partition coefficient (Wildman–Crippen LogP) is 3.01. The fraction of sp³-hybridized carbons (Fsp3) is 0.414. The van der Waals surface area contributed by atoms with E-state index in [4.69, 9.17) is 9.47 Å². The molecule has 1 fully saturated rings. The minimum Gasteiger partial charge on any atom is -0.497 e. The van der Waals surface area contributed by atoms with Gasteiger partial charge in [0.25, 0.3) is 5.56 Å². The number of β-amino-alcohol motifs (C(OH)–C–C–N with tert-alkyl or cyclic N) is 1. The molecule has 2 N–H and O–H groups in total. The lowest BCUT2D eigenvalue weighted by Gasteiger charge is -2.23. The quantitative estimate of drug-likeness (QED) is 0.414. The molecule has 13 heteroatoms. The number of methoxy groups -OCH3 is 2. The molecule has 0 aliphatic carbocycles. The molecule has 0 saturated carbocycles. The number of benzene rings is 2. The van der Waals surface area contributed by atoms with Crippen molar-refractivity contribution < 1.29 is 32.5 Å². The van der Waals surface area contributed by atoms with Gasteiger partial charge in [0, 0.05) is 49.1 Å². The number of carbonyl (C=O) groups excluding carboxylic acids is 1. The van der Waals surface area contributed by atoms with Crippen LogP contribution in [-0.4, -0.2) is 73.8 Å². The number of hydrogen-bond donors (Lipinski definition) is 2. The monoisotopic (exact) mass is 587 g/mol. The van der Waals surface area contributed by atoms with Gasteiger partial charge in [0.2, 0.25) is 5.91 Å². The van der Waals surface area contributed by atoms with Crippen LogP contribution in [0.3, 0.4) is 0 Å². The van der Waals surface area contributed by atoms with Crippen molar-refractivity contribution in [3.63, 3.8) is 0 Å². The maximum absolute atomic E-state index is 14.4. The molecule has 0 radical (unpaired) electrons. The van der Waals surface area contributed by atoms with Crippen LogP contribution < -0.4 is 30.1 Å². The van der Waals surface area contributed by atoms with Gasteiger partial charge in [-0.2, -0.15) is 23.0 Å². The highest BCUT2D eigenvalue weighted by atomic mass is 19.4. The van der Waals surface area contributed by atoms with Crippen LogP contribution in [0.25, 0.3) is 16.9 Å². The molecule has 1 unspecified atom stereocenters. The van der Waals surface area contributed by atoms with E-state index in [1.54, 1.807) is 34.9 Å². The van der Waals surface area contributed by atoms with Crippen LogP contribution in [0.5, 0.6) is 11.5 Å². The van der Waals surface area contributed by atoms with Gasteiger partial charge in [0.15, 0.2) is 0 Å². The normalized spacial score (nSPS) is 16.5. The Morgan fingerprint density at radius 3 is 2.43 bits per heavy atom. The van der Waals surface area contributed by atoms with Crippen molar-refractivity contribution >= 4 is 17.3 Å². The SMILES string of the molecule is CCNC(=O)CN1CCc2c(-c3cc(OC)cc(OC)c3)nn(-c3cc(N4CCC(O)C4)ccc3C(F)(F)F)c(=O)c21. The number of aliphatic hydroxyl groups excluding tert-OH is 1. The van der Waals surface area contributed by atoms with Crippen LogP contribution in [0.4, 0.5) is 24.5 Å². The van der Waals surface area contributed by atoms with Gasteiger partial charge in [0.1, 0.15) is 17.2 Å². The zero-order chi connectivity index (χ0) is 30.2. The first-order chi connectivity index (χ1) is 20.0. The van der Waals surface area contributed by atoms with Gasteiger partial charge in [-0.15, -0.1) is 0 Å². The lowest BCUT2D eigenvalue weighted by Crippen LogP contribution is -2.39. The number of hydrogen-bond acceptors (Lipinski definition) is 8. The van der Waals surface area contributed by atoms with Gasteiger partial charge in [-0.05, 0) is 50.1 Å². The number of nitrogens with one attached hydrogen (secondary N) is 1. The Morgan fingerprint density at radius 2 is 1.83 bits per heavy atom. The summed E-state index contributed by atoms with van der Waals surface area (Å²) in [6, 6.07) is 8.52. The third kappa shape index (κ3) is 5.60. The molecule has 2 aliphatic heterocycles. The standard InChI is InChI=1S/C29H32F3N5O5/c1-4-33-25(39)16-36-10-8-22-26(17-11-20(41-2)14-21(12-17)42-3)34-37(28(40)27(22)36)24-13-18(35-9-7-19(38)15-35)5-6-23(24)29(30,31)32/h5-6,11-14,19,38H,4,7-10,15-16H2,1-3H3,(H,33,39). The number of halogens is 3. The van der Waals surface area contributed by atoms with Crippen molar-refractivity contribution in [1.29, 1.82) is 0 Å². The van der Waals surface area contributed by atoms with Crippen molar-refractivity contribution in [3.8, 4) is 28.4 Å². The molecule has 1 amide bonds. The van der Waals surface area contributed by atoms with E-state index >= 15 is 0 Å². The minimum absolute atomic E-state index is 0.114. The molecule has 0 bridgehead atoms. The van der Waals surface area contributed by atoms with E-state index in [0.29, 0.717) is 60.8 Å². The first-order valence-electron chi connectivity index (χ1n) is 13.6. The average molecular weight is 588 g/mol. The van der Waals surface area contributed by atoms with E-state index in [2.05, 4.69) is 10.4 Å². The zero-order valence-corrected chi connectivity index (χ0v) is 23.5. The van der Waals surface area contributed by atoms with Gasteiger partial charge in [-0.1, -0.05) is 0 Å². The number of carbonyl (C=O) groups is 1. The lowest BCUT2D eigenvalue weighted by molar-refractivity contribution is -0.137. The molecule has 1 saturated heterocycles. The molecule has 2 aromatic carbocycles. The van der Waals surface area contributed by atoms with Crippen LogP contribution in [-0.2, 0) is 17.4 Å². The van der Waals surface area contributed by atoms with E-state index in [9.17, 15) is 27.9 Å². The number of nitrogens with zero attached hydrogens (tertiary/aromatic N) is 4. The van der Waals surface area contributed by atoms with Crippen LogP contribution >= 0.6 is 0 Å². The summed E-state index contributed by atoms with van der Waals surface area (Å²) in [6.07, 6.45) is -4.57. The summed E-state index contributed by atoms with van der Waals surface area (Å²) in [4.78, 5) is 29.9. The Morgan fingerprint density at radius 1 is 1.12 bits per heavy atom. The first kappa shape index (κ1) is 29.2. The van der Waals surface area contributed by atoms with E-state index in [-0.39, 0.29) is 30.4 Å². The maximum atomic E-state index is 14.4. The third-order valence-electron chi connectivity index (χ3n) is 7.49. The summed E-state index contributed by atoms with van der Waals surface area (Å²) in [5.74, 6) is 0.545. The van der Waals surface area contributed by atoms with E-state index in [1.807, 2.05) is 0 Å². The molecule has 10 nitrogen and oxygen atoms in total. The van der Waals surface area contributed by atoms with Crippen LogP contribution in [0.2, 0.25) is 0 Å². The lowest BCUT2D eigenvalue weighted by atomic mass is 10.0. The summed E-state index contributed by atoms with van der Waals surface area (Å²) in [7, 11) is 2.95. The summed E-state index contributed by atoms with van der Waals surface area (Å²) < 4.78 is 54.7. The zero-order valence-electron chi connectivity index (χ0n) is 23.5. The fourth-order valence-electron chi connectivity index (χ4n) is 5.50. The number of alkyl halides is 3. The molecule has 1 atom stereocenters. The number of amides is 1. The second-order valence-corrected chi connectivity index (χ2v) is 10.2. The number of ether oxygens (including phenoxy) is 2. The molecule has 3 aromatic rings. The number of aliphatic hydroxyl groups is 1. The Balaban J connectivity index is 1.77. The number of aromatic nitrogens is 2. The average Bonchev–Trinajstić information content (AvgIpc) is 3.59. The van der Waals surface area contributed by atoms with E-state index in [0.717, 1.165) is 10.7 Å². The molecule has 0 spiro atoms. The molecule has 3 heterocycles. The summed E-state index contributed by atoms with van der Waals surface area (Å²) in [5.41, 5.74) is -0.453. The Bertz CT molecular complexity index is 1540. The predicted molar refractivity (Wildman–Crippen MR) is 151 cm³/mol. The Kier molecular flexibility index (Phi) is 8.04. The second-order valence-electron chi connectivity index (χ2n) is 10.2. The number of anilines is 2. The number of rotatable bonds is 8. The Hall–Kier alpha value is -4.26. The van der Waals surface area contributed by atoms with E-state index < -0.39 is 29.1 Å². The first-order valence-corrected chi connectivity index (χ1v) is 13.6. The highest BCUT2D eigenvalue weighted by Crippen LogP contribution is 2.39. The molecular formula is C29H32F3N5O5. The number of fused-ring (bicyclic) bond motifs is 1. The largest absolute Gasteiger partial charge is 0.497 e. The second kappa shape index (κ2) is 11.6. The van der Waals surface area contributed by atoms with Crippen LogP contribution in [0.1, 0.15) is 24.5 Å². The Labute approximate surface area is 240 Å². The van der Waals surface area contributed by atoms with Gasteiger partial charge in [-0.25, -0.2) is 0 Å². The van der Waals surface area contributed by atoms with E-state index in [1.165, 1.54) is 26.4 Å². The van der Waals surface area contributed by atoms with Crippen LogP contribution in [0.15, 0.2) is 41.2 Å². The van der Waals surface area contributed by atoms with Gasteiger partial charge in [-0.3, -0.25) is 9.59 Å². The highest BCUT2D eigenvalue weighted by Gasteiger charge is 2.37. The van der Waals surface area contributed by atoms with Crippen molar-refractivity contribution in [1.82, 2.24) is 15.1 Å². The summed E-state index contributed by atoms with van der Waals surface area (Å²) in [5, 5.41) is 17.3. The van der Waals surface area contributed by atoms with Gasteiger partial charge >= 0.3 is 6.18 Å². The topological polar surface area (TPSA) is 109 Å². The van der Waals surface area contributed by atoms with Gasteiger partial charge < -0.3 is 29.7 Å². The van der Waals surface area contributed by atoms with Crippen molar-refractivity contribution in [3.05, 3.63) is 57.9 Å². The molecule has 1 aromatic heterocycles.